The number of carbonyl (C=O) groups excluding carboxylic acids is 2. The maximum atomic E-state index is 12.4. The molecule has 26 heavy (non-hydrogen) atoms. The molecule has 7 heteroatoms. The zero-order chi connectivity index (χ0) is 18.2. The number of morpholine rings is 1. The summed E-state index contributed by atoms with van der Waals surface area (Å²) in [5, 5.41) is 0. The van der Waals surface area contributed by atoms with Crippen LogP contribution >= 0.6 is 0 Å². The molecule has 0 radical (unpaired) electrons. The van der Waals surface area contributed by atoms with E-state index in [1.54, 1.807) is 4.90 Å². The minimum atomic E-state index is -0.311. The van der Waals surface area contributed by atoms with E-state index in [4.69, 9.17) is 9.47 Å². The van der Waals surface area contributed by atoms with Gasteiger partial charge in [-0.2, -0.15) is 0 Å². The summed E-state index contributed by atoms with van der Waals surface area (Å²) in [5.74, 6) is 0.161. The lowest BCUT2D eigenvalue weighted by Crippen LogP contribution is -2.51. The highest BCUT2D eigenvalue weighted by Gasteiger charge is 2.25. The molecule has 142 valence electrons. The molecule has 0 N–H and O–H groups in total. The number of amides is 2. The van der Waals surface area contributed by atoms with Crippen LogP contribution in [0, 0.1) is 0 Å². The largest absolute Gasteiger partial charge is 0.445 e. The van der Waals surface area contributed by atoms with Crippen LogP contribution in [0.15, 0.2) is 30.3 Å². The Labute approximate surface area is 154 Å². The molecule has 0 aliphatic carbocycles. The van der Waals surface area contributed by atoms with Gasteiger partial charge in [-0.05, 0) is 5.56 Å². The monoisotopic (exact) mass is 361 g/mol. The summed E-state index contributed by atoms with van der Waals surface area (Å²) in [6, 6.07) is 9.63. The Hall–Kier alpha value is -2.12. The lowest BCUT2D eigenvalue weighted by atomic mass is 10.2. The van der Waals surface area contributed by atoms with Crippen molar-refractivity contribution in [2.75, 3.05) is 59.0 Å². The van der Waals surface area contributed by atoms with Gasteiger partial charge in [-0.3, -0.25) is 9.69 Å². The van der Waals surface area contributed by atoms with Crippen LogP contribution in [0.2, 0.25) is 0 Å². The second kappa shape index (κ2) is 9.54. The zero-order valence-corrected chi connectivity index (χ0v) is 15.1. The average Bonchev–Trinajstić information content (AvgIpc) is 2.72. The van der Waals surface area contributed by atoms with E-state index < -0.39 is 0 Å². The summed E-state index contributed by atoms with van der Waals surface area (Å²) in [6.45, 7) is 6.54. The van der Waals surface area contributed by atoms with E-state index in [1.165, 1.54) is 0 Å². The number of hydrogen-bond donors (Lipinski definition) is 0. The first-order chi connectivity index (χ1) is 12.7. The normalized spacial score (nSPS) is 18.6. The molecule has 3 rings (SSSR count). The van der Waals surface area contributed by atoms with Crippen LogP contribution in [0.4, 0.5) is 4.79 Å². The Bertz CT molecular complexity index is 582. The zero-order valence-electron chi connectivity index (χ0n) is 15.1. The quantitative estimate of drug-likeness (QED) is 0.788. The number of benzene rings is 1. The fourth-order valence-corrected chi connectivity index (χ4v) is 3.19. The van der Waals surface area contributed by atoms with Crippen LogP contribution in [0.1, 0.15) is 12.0 Å². The lowest BCUT2D eigenvalue weighted by Gasteiger charge is -2.34. The highest BCUT2D eigenvalue weighted by Crippen LogP contribution is 2.09. The third kappa shape index (κ3) is 5.44. The minimum Gasteiger partial charge on any atom is -0.445 e. The third-order valence-corrected chi connectivity index (χ3v) is 4.84. The van der Waals surface area contributed by atoms with Crippen LogP contribution in [-0.4, -0.2) is 85.7 Å². The summed E-state index contributed by atoms with van der Waals surface area (Å²) >= 11 is 0. The Morgan fingerprint density at radius 3 is 2.27 bits per heavy atom. The minimum absolute atomic E-state index is 0.161. The van der Waals surface area contributed by atoms with Gasteiger partial charge >= 0.3 is 6.09 Å². The van der Waals surface area contributed by atoms with Gasteiger partial charge in [0.05, 0.1) is 13.2 Å². The molecular weight excluding hydrogens is 334 g/mol. The molecule has 0 saturated carbocycles. The van der Waals surface area contributed by atoms with Crippen molar-refractivity contribution < 1.29 is 19.1 Å². The predicted octanol–water partition coefficient (Wildman–Crippen LogP) is 1.19. The van der Waals surface area contributed by atoms with Gasteiger partial charge in [-0.1, -0.05) is 30.3 Å². The van der Waals surface area contributed by atoms with Gasteiger partial charge in [-0.15, -0.1) is 0 Å². The highest BCUT2D eigenvalue weighted by atomic mass is 16.6. The molecule has 0 spiro atoms. The Morgan fingerprint density at radius 2 is 1.58 bits per heavy atom. The summed E-state index contributed by atoms with van der Waals surface area (Å²) in [4.78, 5) is 30.3. The molecule has 0 bridgehead atoms. The summed E-state index contributed by atoms with van der Waals surface area (Å²) in [7, 11) is 0. The molecule has 2 heterocycles. The average molecular weight is 361 g/mol. The van der Waals surface area contributed by atoms with Gasteiger partial charge in [0.1, 0.15) is 6.61 Å². The molecule has 1 aromatic carbocycles. The first-order valence-corrected chi connectivity index (χ1v) is 9.26. The molecule has 2 saturated heterocycles. The van der Waals surface area contributed by atoms with E-state index in [-0.39, 0.29) is 18.6 Å². The maximum Gasteiger partial charge on any atom is 0.410 e. The number of hydrogen-bond acceptors (Lipinski definition) is 5. The van der Waals surface area contributed by atoms with E-state index >= 15 is 0 Å². The van der Waals surface area contributed by atoms with Crippen molar-refractivity contribution in [3.63, 3.8) is 0 Å². The topological polar surface area (TPSA) is 62.3 Å². The van der Waals surface area contributed by atoms with E-state index in [0.717, 1.165) is 38.4 Å². The van der Waals surface area contributed by atoms with Gasteiger partial charge in [-0.25, -0.2) is 4.79 Å². The van der Waals surface area contributed by atoms with Crippen LogP contribution in [-0.2, 0) is 20.9 Å². The number of carbonyl (C=O) groups is 2. The molecule has 2 amide bonds. The molecule has 0 aromatic heterocycles. The molecular formula is C19H27N3O4. The van der Waals surface area contributed by atoms with Crippen LogP contribution in [0.25, 0.3) is 0 Å². The van der Waals surface area contributed by atoms with Gasteiger partial charge in [0.2, 0.25) is 5.91 Å². The van der Waals surface area contributed by atoms with E-state index in [9.17, 15) is 9.59 Å². The van der Waals surface area contributed by atoms with Crippen molar-refractivity contribution in [1.82, 2.24) is 14.7 Å². The second-order valence-corrected chi connectivity index (χ2v) is 6.61. The molecule has 2 aliphatic heterocycles. The SMILES string of the molecule is O=C(CCN1CCOCC1)N1CCN(C(=O)OCc2ccccc2)CC1. The summed E-state index contributed by atoms with van der Waals surface area (Å²) in [5.41, 5.74) is 0.970. The molecule has 2 aliphatic rings. The van der Waals surface area contributed by atoms with Gasteiger partial charge in [0.15, 0.2) is 0 Å². The van der Waals surface area contributed by atoms with Crippen LogP contribution in [0.5, 0.6) is 0 Å². The van der Waals surface area contributed by atoms with Gasteiger partial charge < -0.3 is 19.3 Å². The number of nitrogens with zero attached hydrogens (tertiary/aromatic N) is 3. The summed E-state index contributed by atoms with van der Waals surface area (Å²) in [6.07, 6.45) is 0.215. The van der Waals surface area contributed by atoms with Gasteiger partial charge in [0.25, 0.3) is 0 Å². The number of ether oxygens (including phenoxy) is 2. The smallest absolute Gasteiger partial charge is 0.410 e. The van der Waals surface area contributed by atoms with Gasteiger partial charge in [0, 0.05) is 52.2 Å². The Balaban J connectivity index is 1.35. The molecule has 0 atom stereocenters. The fourth-order valence-electron chi connectivity index (χ4n) is 3.19. The van der Waals surface area contributed by atoms with Crippen LogP contribution < -0.4 is 0 Å². The van der Waals surface area contributed by atoms with Crippen LogP contribution in [0.3, 0.4) is 0 Å². The van der Waals surface area contributed by atoms with Crippen molar-refractivity contribution in [3.05, 3.63) is 35.9 Å². The van der Waals surface area contributed by atoms with E-state index in [1.807, 2.05) is 35.2 Å². The standard InChI is InChI=1S/C19H27N3O4/c23-18(6-7-20-12-14-25-15-13-20)21-8-10-22(11-9-21)19(24)26-16-17-4-2-1-3-5-17/h1-5H,6-16H2. The molecule has 1 aromatic rings. The van der Waals surface area contributed by atoms with E-state index in [0.29, 0.717) is 32.6 Å². The fraction of sp³-hybridized carbons (Fsp3) is 0.579. The maximum absolute atomic E-state index is 12.4. The van der Waals surface area contributed by atoms with Crippen molar-refractivity contribution in [1.29, 1.82) is 0 Å². The first kappa shape index (κ1) is 18.7. The Kier molecular flexibility index (Phi) is 6.85. The van der Waals surface area contributed by atoms with Crippen molar-refractivity contribution in [3.8, 4) is 0 Å². The van der Waals surface area contributed by atoms with Crippen molar-refractivity contribution in [2.45, 2.75) is 13.0 Å². The Morgan fingerprint density at radius 1 is 0.923 bits per heavy atom. The van der Waals surface area contributed by atoms with Crippen molar-refractivity contribution >= 4 is 12.0 Å². The summed E-state index contributed by atoms with van der Waals surface area (Å²) < 4.78 is 10.7. The third-order valence-electron chi connectivity index (χ3n) is 4.84. The van der Waals surface area contributed by atoms with Crippen molar-refractivity contribution in [2.24, 2.45) is 0 Å². The predicted molar refractivity (Wildman–Crippen MR) is 96.7 cm³/mol. The molecule has 2 fully saturated rings. The molecule has 0 unspecified atom stereocenters. The number of rotatable bonds is 5. The highest BCUT2D eigenvalue weighted by molar-refractivity contribution is 5.77. The first-order valence-electron chi connectivity index (χ1n) is 9.26. The number of piperazine rings is 1. The molecule has 7 nitrogen and oxygen atoms in total. The van der Waals surface area contributed by atoms with E-state index in [2.05, 4.69) is 4.90 Å². The second-order valence-electron chi connectivity index (χ2n) is 6.61. The lowest BCUT2D eigenvalue weighted by molar-refractivity contribution is -0.133.